The van der Waals surface area contributed by atoms with Crippen LogP contribution in [0.4, 0.5) is 4.79 Å². The first kappa shape index (κ1) is 22.1. The second kappa shape index (κ2) is 10.5. The lowest BCUT2D eigenvalue weighted by atomic mass is 9.99. The molecular formula is C23H26ClN5O3. The minimum atomic E-state index is -0.608. The van der Waals surface area contributed by atoms with Gasteiger partial charge in [0.1, 0.15) is 12.3 Å². The maximum atomic E-state index is 12.9. The van der Waals surface area contributed by atoms with Crippen LogP contribution in [0.15, 0.2) is 54.9 Å². The fourth-order valence-corrected chi connectivity index (χ4v) is 4.21. The lowest BCUT2D eigenvalue weighted by molar-refractivity contribution is 0.0550. The summed E-state index contributed by atoms with van der Waals surface area (Å²) in [5.41, 5.74) is 1.99. The molecule has 8 nitrogen and oxygen atoms in total. The number of carbonyl (C=O) groups excluding carboxylic acids is 1. The van der Waals surface area contributed by atoms with E-state index in [9.17, 15) is 4.79 Å². The fraction of sp³-hybridized carbons (Fsp3) is 0.391. The van der Waals surface area contributed by atoms with Crippen LogP contribution in [-0.4, -0.2) is 51.4 Å². The number of hydrogen-bond acceptors (Lipinski definition) is 6. The summed E-state index contributed by atoms with van der Waals surface area (Å²) < 4.78 is 11.1. The average Bonchev–Trinajstić information content (AvgIpc) is 3.50. The molecule has 1 fully saturated rings. The molecule has 3 aromatic rings. The third-order valence-electron chi connectivity index (χ3n) is 5.76. The highest BCUT2D eigenvalue weighted by molar-refractivity contribution is 6.31. The number of nitrogens with zero attached hydrogens (tertiary/aromatic N) is 5. The van der Waals surface area contributed by atoms with Crippen molar-refractivity contribution < 1.29 is 14.3 Å². The van der Waals surface area contributed by atoms with Gasteiger partial charge in [0.25, 0.3) is 0 Å². The van der Waals surface area contributed by atoms with Crippen LogP contribution in [-0.2, 0) is 17.7 Å². The van der Waals surface area contributed by atoms with Crippen LogP contribution in [0.2, 0.25) is 5.02 Å². The molecule has 9 heteroatoms. The van der Waals surface area contributed by atoms with Gasteiger partial charge >= 0.3 is 6.09 Å². The average molecular weight is 456 g/mol. The molecule has 1 aliphatic heterocycles. The molecule has 2 heterocycles. The zero-order chi connectivity index (χ0) is 22.3. The first-order chi connectivity index (χ1) is 15.6. The molecule has 32 heavy (non-hydrogen) atoms. The molecule has 1 amide bonds. The van der Waals surface area contributed by atoms with Gasteiger partial charge in [-0.25, -0.2) is 4.79 Å². The molecule has 0 saturated carbocycles. The topological polar surface area (TPSA) is 82.4 Å². The predicted octanol–water partition coefficient (Wildman–Crippen LogP) is 4.17. The Morgan fingerprint density at radius 2 is 2.03 bits per heavy atom. The Morgan fingerprint density at radius 3 is 2.75 bits per heavy atom. The summed E-state index contributed by atoms with van der Waals surface area (Å²) in [5.74, 6) is 1.30. The molecule has 0 aliphatic carbocycles. The Kier molecular flexibility index (Phi) is 7.21. The van der Waals surface area contributed by atoms with E-state index in [1.165, 1.54) is 16.7 Å². The van der Waals surface area contributed by atoms with E-state index in [-0.39, 0.29) is 12.6 Å². The van der Waals surface area contributed by atoms with Gasteiger partial charge in [0.05, 0.1) is 7.11 Å². The van der Waals surface area contributed by atoms with Crippen molar-refractivity contribution in [2.24, 2.45) is 5.92 Å². The second-order valence-corrected chi connectivity index (χ2v) is 8.28. The summed E-state index contributed by atoms with van der Waals surface area (Å²) in [4.78, 5) is 16.1. The van der Waals surface area contributed by atoms with Gasteiger partial charge in [-0.2, -0.15) is 4.80 Å². The molecule has 1 aliphatic rings. The van der Waals surface area contributed by atoms with E-state index in [1.54, 1.807) is 18.1 Å². The van der Waals surface area contributed by atoms with E-state index < -0.39 is 6.10 Å². The molecule has 168 valence electrons. The summed E-state index contributed by atoms with van der Waals surface area (Å²) in [6, 6.07) is 15.5. The molecular weight excluding hydrogens is 430 g/mol. The number of hydrogen-bond donors (Lipinski definition) is 0. The number of ether oxygens (including phenoxy) is 2. The van der Waals surface area contributed by atoms with Crippen LogP contribution in [0.25, 0.3) is 0 Å². The van der Waals surface area contributed by atoms with Crippen molar-refractivity contribution in [3.05, 3.63) is 71.0 Å². The van der Waals surface area contributed by atoms with Crippen molar-refractivity contribution in [1.29, 1.82) is 0 Å². The van der Waals surface area contributed by atoms with E-state index in [0.717, 1.165) is 30.6 Å². The molecule has 2 aromatic carbocycles. The zero-order valence-electron chi connectivity index (χ0n) is 17.9. The van der Waals surface area contributed by atoms with E-state index in [0.29, 0.717) is 24.0 Å². The minimum absolute atomic E-state index is 0.240. The molecule has 4 rings (SSSR count). The first-order valence-corrected chi connectivity index (χ1v) is 11.0. The largest absolute Gasteiger partial charge is 0.497 e. The van der Waals surface area contributed by atoms with Crippen LogP contribution in [0.3, 0.4) is 0 Å². The van der Waals surface area contributed by atoms with Crippen LogP contribution in [0.1, 0.15) is 30.1 Å². The first-order valence-electron chi connectivity index (χ1n) is 10.7. The summed E-state index contributed by atoms with van der Waals surface area (Å²) in [5, 5.41) is 12.2. The van der Waals surface area contributed by atoms with Crippen LogP contribution >= 0.6 is 11.6 Å². The van der Waals surface area contributed by atoms with Gasteiger partial charge in [-0.05, 0) is 54.2 Å². The number of methoxy groups -OCH3 is 1. The molecule has 0 spiro atoms. The van der Waals surface area contributed by atoms with E-state index >= 15 is 0 Å². The van der Waals surface area contributed by atoms with Gasteiger partial charge in [-0.15, -0.1) is 10.2 Å². The van der Waals surface area contributed by atoms with Crippen molar-refractivity contribution in [3.8, 4) is 5.75 Å². The molecule has 0 bridgehead atoms. The van der Waals surface area contributed by atoms with E-state index in [2.05, 4.69) is 27.5 Å². The Morgan fingerprint density at radius 1 is 1.22 bits per heavy atom. The Hall–Kier alpha value is -3.13. The van der Waals surface area contributed by atoms with Gasteiger partial charge in [-0.1, -0.05) is 41.9 Å². The SMILES string of the molecule is COc1ccc(CCC2CCN(C(=O)OC(Cn3ncnn3)c3ccccc3Cl)C2)cc1. The molecule has 1 saturated heterocycles. The number of rotatable bonds is 8. The third kappa shape index (κ3) is 5.56. The molecule has 1 aromatic heterocycles. The standard InChI is InChI=1S/C23H26ClN5O3/c1-31-19-10-8-17(9-11-19)6-7-18-12-13-28(14-18)23(30)32-22(15-29-26-16-25-27-29)20-4-2-3-5-21(20)24/h2-5,8-11,16,18,22H,6-7,12-15H2,1H3. The highest BCUT2D eigenvalue weighted by Crippen LogP contribution is 2.29. The highest BCUT2D eigenvalue weighted by Gasteiger charge is 2.30. The van der Waals surface area contributed by atoms with Gasteiger partial charge in [0.15, 0.2) is 12.4 Å². The smallest absolute Gasteiger partial charge is 0.410 e. The van der Waals surface area contributed by atoms with Crippen molar-refractivity contribution in [2.75, 3.05) is 20.2 Å². The van der Waals surface area contributed by atoms with E-state index in [4.69, 9.17) is 21.1 Å². The van der Waals surface area contributed by atoms with Gasteiger partial charge in [-0.3, -0.25) is 0 Å². The molecule has 0 N–H and O–H groups in total. The zero-order valence-corrected chi connectivity index (χ0v) is 18.7. The number of tetrazole rings is 1. The normalized spacial score (nSPS) is 16.7. The fourth-order valence-electron chi connectivity index (χ4n) is 3.95. The third-order valence-corrected chi connectivity index (χ3v) is 6.10. The number of amides is 1. The number of aromatic nitrogens is 4. The van der Waals surface area contributed by atoms with Crippen LogP contribution in [0, 0.1) is 5.92 Å². The monoisotopic (exact) mass is 455 g/mol. The summed E-state index contributed by atoms with van der Waals surface area (Å²) in [7, 11) is 1.67. The number of likely N-dealkylation sites (tertiary alicyclic amines) is 1. The maximum absolute atomic E-state index is 12.9. The molecule has 2 unspecified atom stereocenters. The highest BCUT2D eigenvalue weighted by atomic mass is 35.5. The van der Waals surface area contributed by atoms with Crippen molar-refractivity contribution in [1.82, 2.24) is 25.1 Å². The van der Waals surface area contributed by atoms with Crippen molar-refractivity contribution in [3.63, 3.8) is 0 Å². The van der Waals surface area contributed by atoms with Crippen LogP contribution in [0.5, 0.6) is 5.75 Å². The van der Waals surface area contributed by atoms with E-state index in [1.807, 2.05) is 30.3 Å². The Labute approximate surface area is 192 Å². The Balaban J connectivity index is 1.34. The quantitative estimate of drug-likeness (QED) is 0.507. The van der Waals surface area contributed by atoms with Gasteiger partial charge < -0.3 is 14.4 Å². The van der Waals surface area contributed by atoms with Crippen molar-refractivity contribution >= 4 is 17.7 Å². The summed E-state index contributed by atoms with van der Waals surface area (Å²) in [6.07, 6.45) is 3.35. The second-order valence-electron chi connectivity index (χ2n) is 7.87. The summed E-state index contributed by atoms with van der Waals surface area (Å²) >= 11 is 6.37. The van der Waals surface area contributed by atoms with Crippen LogP contribution < -0.4 is 4.74 Å². The lowest BCUT2D eigenvalue weighted by Gasteiger charge is -2.23. The number of benzene rings is 2. The molecule has 2 atom stereocenters. The van der Waals surface area contributed by atoms with Gasteiger partial charge in [0, 0.05) is 23.7 Å². The minimum Gasteiger partial charge on any atom is -0.497 e. The lowest BCUT2D eigenvalue weighted by Crippen LogP contribution is -2.32. The predicted molar refractivity (Wildman–Crippen MR) is 119 cm³/mol. The number of halogens is 1. The Bertz CT molecular complexity index is 1010. The van der Waals surface area contributed by atoms with Crippen molar-refractivity contribution in [2.45, 2.75) is 31.9 Å². The van der Waals surface area contributed by atoms with Gasteiger partial charge in [0.2, 0.25) is 0 Å². The summed E-state index contributed by atoms with van der Waals surface area (Å²) in [6.45, 7) is 1.61. The number of carbonyl (C=O) groups is 1. The maximum Gasteiger partial charge on any atom is 0.410 e. The molecule has 0 radical (unpaired) electrons. The number of aryl methyl sites for hydroxylation is 1.